The molecule has 4 heteroatoms. The normalized spacial score (nSPS) is 17.4. The van der Waals surface area contributed by atoms with E-state index in [1.165, 1.54) is 5.69 Å². The molecule has 1 atom stereocenters. The number of aromatic nitrogens is 1. The number of carbonyl (C=O) groups is 1. The molecule has 3 rings (SSSR count). The van der Waals surface area contributed by atoms with Gasteiger partial charge in [-0.05, 0) is 44.9 Å². The van der Waals surface area contributed by atoms with E-state index in [0.29, 0.717) is 18.8 Å². The average Bonchev–Trinajstić information content (AvgIpc) is 2.94. The van der Waals surface area contributed by atoms with E-state index in [-0.39, 0.29) is 12.0 Å². The van der Waals surface area contributed by atoms with Gasteiger partial charge in [0, 0.05) is 22.7 Å². The Hall–Kier alpha value is -1.97. The molecule has 1 aliphatic heterocycles. The van der Waals surface area contributed by atoms with E-state index in [9.17, 15) is 9.90 Å². The summed E-state index contributed by atoms with van der Waals surface area (Å²) in [6.45, 7) is 4.17. The van der Waals surface area contributed by atoms with Crippen LogP contribution >= 0.6 is 0 Å². The highest BCUT2D eigenvalue weighted by atomic mass is 16.5. The van der Waals surface area contributed by atoms with E-state index in [2.05, 4.69) is 10.6 Å². The van der Waals surface area contributed by atoms with Gasteiger partial charge in [0.15, 0.2) is 0 Å². The molecule has 1 N–H and O–H groups in total. The zero-order valence-corrected chi connectivity index (χ0v) is 11.8. The Bertz CT molecular complexity index is 672. The van der Waals surface area contributed by atoms with Crippen LogP contribution in [0.3, 0.4) is 0 Å². The number of phenolic OH excluding ortho intramolecular Hbond substituents is 1. The quantitative estimate of drug-likeness (QED) is 0.874. The lowest BCUT2D eigenvalue weighted by Crippen LogP contribution is -2.13. The van der Waals surface area contributed by atoms with Gasteiger partial charge in [-0.1, -0.05) is 0 Å². The first-order valence-electron chi connectivity index (χ1n) is 7.09. The van der Waals surface area contributed by atoms with Crippen molar-refractivity contribution in [3.63, 3.8) is 0 Å². The fraction of sp³-hybridized carbons (Fsp3) is 0.438. The van der Waals surface area contributed by atoms with Gasteiger partial charge < -0.3 is 14.4 Å². The summed E-state index contributed by atoms with van der Waals surface area (Å²) in [5.74, 6) is 0.158. The Morgan fingerprint density at radius 1 is 1.50 bits per heavy atom. The molecule has 1 aromatic carbocycles. The molecule has 1 aromatic heterocycles. The molecule has 2 heterocycles. The van der Waals surface area contributed by atoms with Crippen molar-refractivity contribution in [2.45, 2.75) is 39.2 Å². The number of carbonyl (C=O) groups excluding carboxylic acids is 1. The number of esters is 1. The van der Waals surface area contributed by atoms with Crippen LogP contribution in [0.4, 0.5) is 0 Å². The van der Waals surface area contributed by atoms with E-state index in [1.807, 2.05) is 19.9 Å². The predicted octanol–water partition coefficient (Wildman–Crippen LogP) is 3.10. The molecule has 2 aromatic rings. The fourth-order valence-corrected chi connectivity index (χ4v) is 3.20. The van der Waals surface area contributed by atoms with Crippen molar-refractivity contribution >= 4 is 16.9 Å². The van der Waals surface area contributed by atoms with Crippen LogP contribution in [0.5, 0.6) is 5.75 Å². The summed E-state index contributed by atoms with van der Waals surface area (Å²) in [6, 6.07) is 5.97. The minimum atomic E-state index is -0.148. The summed E-state index contributed by atoms with van der Waals surface area (Å²) < 4.78 is 7.27. The number of aryl methyl sites for hydroxylation is 2. The first kappa shape index (κ1) is 13.0. The predicted molar refractivity (Wildman–Crippen MR) is 76.9 cm³/mol. The van der Waals surface area contributed by atoms with E-state index >= 15 is 0 Å². The summed E-state index contributed by atoms with van der Waals surface area (Å²) in [7, 11) is 0. The van der Waals surface area contributed by atoms with Crippen LogP contribution in [-0.4, -0.2) is 22.2 Å². The Morgan fingerprint density at radius 2 is 2.30 bits per heavy atom. The average molecular weight is 273 g/mol. The van der Waals surface area contributed by atoms with Gasteiger partial charge in [-0.25, -0.2) is 0 Å². The summed E-state index contributed by atoms with van der Waals surface area (Å²) in [5, 5.41) is 11.0. The first-order chi connectivity index (χ1) is 9.61. The van der Waals surface area contributed by atoms with Gasteiger partial charge in [-0.2, -0.15) is 0 Å². The topological polar surface area (TPSA) is 51.5 Å². The molecule has 20 heavy (non-hydrogen) atoms. The maximum absolute atomic E-state index is 11.7. The second-order valence-electron chi connectivity index (χ2n) is 5.35. The summed E-state index contributed by atoms with van der Waals surface area (Å²) in [6.07, 6.45) is 2.33. The van der Waals surface area contributed by atoms with Gasteiger partial charge in [0.2, 0.25) is 0 Å². The highest BCUT2D eigenvalue weighted by Gasteiger charge is 2.27. The van der Waals surface area contributed by atoms with Crippen molar-refractivity contribution in [2.24, 2.45) is 0 Å². The molecular weight excluding hydrogens is 254 g/mol. The molecule has 0 amide bonds. The molecule has 106 valence electrons. The van der Waals surface area contributed by atoms with Gasteiger partial charge >= 0.3 is 5.97 Å². The molecule has 0 fully saturated rings. The van der Waals surface area contributed by atoms with Crippen LogP contribution in [0.15, 0.2) is 18.2 Å². The number of aromatic hydroxyl groups is 1. The highest BCUT2D eigenvalue weighted by Crippen LogP contribution is 2.38. The van der Waals surface area contributed by atoms with Crippen LogP contribution in [0.2, 0.25) is 0 Å². The largest absolute Gasteiger partial charge is 0.508 e. The van der Waals surface area contributed by atoms with Crippen LogP contribution in [-0.2, 0) is 16.0 Å². The number of hydrogen-bond acceptors (Lipinski definition) is 3. The molecule has 0 radical (unpaired) electrons. The van der Waals surface area contributed by atoms with Crippen molar-refractivity contribution in [3.05, 3.63) is 29.5 Å². The molecule has 1 unspecified atom stereocenters. The molecule has 0 saturated carbocycles. The molecule has 0 spiro atoms. The third kappa shape index (κ3) is 1.96. The maximum atomic E-state index is 11.7. The second kappa shape index (κ2) is 4.85. The monoisotopic (exact) mass is 273 g/mol. The SMILES string of the molecule is CCOC(=O)CC1CCc2cc3ccc(O)c(C)c3n21. The molecule has 0 bridgehead atoms. The summed E-state index contributed by atoms with van der Waals surface area (Å²) in [4.78, 5) is 11.7. The fourth-order valence-electron chi connectivity index (χ4n) is 3.20. The molecular formula is C16H19NO3. The molecule has 0 saturated heterocycles. The number of ether oxygens (including phenoxy) is 1. The van der Waals surface area contributed by atoms with Crippen LogP contribution < -0.4 is 0 Å². The van der Waals surface area contributed by atoms with Gasteiger partial charge in [0.05, 0.1) is 18.5 Å². The summed E-state index contributed by atoms with van der Waals surface area (Å²) in [5.41, 5.74) is 3.17. The Morgan fingerprint density at radius 3 is 3.05 bits per heavy atom. The standard InChI is InChI=1S/C16H19NO3/c1-3-20-15(19)9-13-6-5-12-8-11-4-7-14(18)10(2)16(11)17(12)13/h4,7-8,13,18H,3,5-6,9H2,1-2H3. The maximum Gasteiger partial charge on any atom is 0.307 e. The van der Waals surface area contributed by atoms with E-state index in [1.54, 1.807) is 6.07 Å². The molecule has 0 aliphatic carbocycles. The van der Waals surface area contributed by atoms with Gasteiger partial charge in [-0.3, -0.25) is 4.79 Å². The minimum Gasteiger partial charge on any atom is -0.508 e. The lowest BCUT2D eigenvalue weighted by atomic mass is 10.1. The van der Waals surface area contributed by atoms with Gasteiger partial charge in [0.25, 0.3) is 0 Å². The lowest BCUT2D eigenvalue weighted by molar-refractivity contribution is -0.143. The van der Waals surface area contributed by atoms with E-state index < -0.39 is 0 Å². The third-order valence-corrected chi connectivity index (χ3v) is 4.11. The number of benzene rings is 1. The van der Waals surface area contributed by atoms with E-state index in [0.717, 1.165) is 29.3 Å². The van der Waals surface area contributed by atoms with Crippen LogP contribution in [0.25, 0.3) is 10.9 Å². The number of rotatable bonds is 3. The van der Waals surface area contributed by atoms with Crippen LogP contribution in [0.1, 0.15) is 37.1 Å². The Kier molecular flexibility index (Phi) is 3.16. The number of nitrogens with zero attached hydrogens (tertiary/aromatic N) is 1. The van der Waals surface area contributed by atoms with Crippen molar-refractivity contribution in [3.8, 4) is 5.75 Å². The minimum absolute atomic E-state index is 0.141. The third-order valence-electron chi connectivity index (χ3n) is 4.11. The molecule has 1 aliphatic rings. The van der Waals surface area contributed by atoms with Crippen molar-refractivity contribution < 1.29 is 14.6 Å². The van der Waals surface area contributed by atoms with Crippen LogP contribution in [0, 0.1) is 6.92 Å². The Labute approximate surface area is 118 Å². The van der Waals surface area contributed by atoms with Gasteiger partial charge in [0.1, 0.15) is 5.75 Å². The van der Waals surface area contributed by atoms with Crippen molar-refractivity contribution in [1.82, 2.24) is 4.57 Å². The number of fused-ring (bicyclic) bond motifs is 3. The van der Waals surface area contributed by atoms with Gasteiger partial charge in [-0.15, -0.1) is 0 Å². The van der Waals surface area contributed by atoms with Crippen molar-refractivity contribution in [2.75, 3.05) is 6.61 Å². The first-order valence-corrected chi connectivity index (χ1v) is 7.09. The van der Waals surface area contributed by atoms with E-state index in [4.69, 9.17) is 4.74 Å². The second-order valence-corrected chi connectivity index (χ2v) is 5.35. The zero-order valence-electron chi connectivity index (χ0n) is 11.8. The smallest absolute Gasteiger partial charge is 0.307 e. The lowest BCUT2D eigenvalue weighted by Gasteiger charge is -2.15. The van der Waals surface area contributed by atoms with Crippen molar-refractivity contribution in [1.29, 1.82) is 0 Å². The zero-order chi connectivity index (χ0) is 14.3. The number of phenols is 1. The highest BCUT2D eigenvalue weighted by molar-refractivity contribution is 5.87. The number of hydrogen-bond donors (Lipinski definition) is 1. The summed E-state index contributed by atoms with van der Waals surface area (Å²) >= 11 is 0. The molecule has 4 nitrogen and oxygen atoms in total. The Balaban J connectivity index is 2.03.